The molecule has 0 spiro atoms. The van der Waals surface area contributed by atoms with Gasteiger partial charge in [-0.2, -0.15) is 5.26 Å². The van der Waals surface area contributed by atoms with E-state index in [4.69, 9.17) is 0 Å². The first-order valence-corrected chi connectivity index (χ1v) is 8.84. The van der Waals surface area contributed by atoms with Gasteiger partial charge in [0.25, 0.3) is 0 Å². The highest BCUT2D eigenvalue weighted by Gasteiger charge is 2.39. The highest BCUT2D eigenvalue weighted by molar-refractivity contribution is 5.26. The Bertz CT molecular complexity index is 366. The average Bonchev–Trinajstić information content (AvgIpc) is 2.53. The van der Waals surface area contributed by atoms with Crippen molar-refractivity contribution in [2.45, 2.75) is 84.5 Å². The smallest absolute Gasteiger partial charge is 0.0782 e. The monoisotopic (exact) mass is 273 g/mol. The number of hydrogen-bond acceptors (Lipinski definition) is 1. The molecule has 2 rings (SSSR count). The van der Waals surface area contributed by atoms with Gasteiger partial charge in [-0.15, -0.1) is 0 Å². The second kappa shape index (κ2) is 7.30. The Labute approximate surface area is 125 Å². The minimum atomic E-state index is -0.0819. The number of nitriles is 1. The summed E-state index contributed by atoms with van der Waals surface area (Å²) in [5.41, 5.74) is 1.42. The lowest BCUT2D eigenvalue weighted by molar-refractivity contribution is 0.222. The molecular weight excluding hydrogens is 242 g/mol. The van der Waals surface area contributed by atoms with Gasteiger partial charge in [0.05, 0.1) is 11.5 Å². The molecule has 112 valence electrons. The van der Waals surface area contributed by atoms with E-state index < -0.39 is 0 Å². The molecule has 1 atom stereocenters. The fraction of sp³-hybridized carbons (Fsp3) is 0.842. The first-order chi connectivity index (χ1) is 9.74. The average molecular weight is 273 g/mol. The fourth-order valence-electron chi connectivity index (χ4n) is 4.15. The van der Waals surface area contributed by atoms with Crippen LogP contribution in [0.4, 0.5) is 0 Å². The van der Waals surface area contributed by atoms with Gasteiger partial charge in [-0.1, -0.05) is 51.2 Å². The zero-order chi connectivity index (χ0) is 14.4. The molecule has 0 bridgehead atoms. The van der Waals surface area contributed by atoms with Gasteiger partial charge in [-0.25, -0.2) is 0 Å². The number of nitrogens with zero attached hydrogens (tertiary/aromatic N) is 1. The molecule has 1 heteroatoms. The van der Waals surface area contributed by atoms with Gasteiger partial charge in [0.2, 0.25) is 0 Å². The summed E-state index contributed by atoms with van der Waals surface area (Å²) in [4.78, 5) is 0. The highest BCUT2D eigenvalue weighted by Crippen LogP contribution is 2.48. The maximum absolute atomic E-state index is 9.79. The van der Waals surface area contributed by atoms with Crippen LogP contribution >= 0.6 is 0 Å². The van der Waals surface area contributed by atoms with Gasteiger partial charge >= 0.3 is 0 Å². The second-order valence-electron chi connectivity index (χ2n) is 7.06. The largest absolute Gasteiger partial charge is 0.197 e. The summed E-state index contributed by atoms with van der Waals surface area (Å²) in [6.45, 7) is 4.57. The van der Waals surface area contributed by atoms with Crippen molar-refractivity contribution in [3.63, 3.8) is 0 Å². The molecule has 0 radical (unpaired) electrons. The van der Waals surface area contributed by atoms with Crippen LogP contribution in [0.15, 0.2) is 11.6 Å². The fourth-order valence-corrected chi connectivity index (χ4v) is 4.15. The summed E-state index contributed by atoms with van der Waals surface area (Å²) in [7, 11) is 0. The summed E-state index contributed by atoms with van der Waals surface area (Å²) >= 11 is 0. The first-order valence-electron chi connectivity index (χ1n) is 8.84. The minimum absolute atomic E-state index is 0.0819. The van der Waals surface area contributed by atoms with Crippen molar-refractivity contribution in [3.8, 4) is 6.07 Å². The Hall–Kier alpha value is -0.770. The molecule has 0 unspecified atom stereocenters. The molecule has 1 nitrogen and oxygen atoms in total. The minimum Gasteiger partial charge on any atom is -0.197 e. The van der Waals surface area contributed by atoms with Crippen LogP contribution in [0.1, 0.15) is 84.5 Å². The Morgan fingerprint density at radius 3 is 2.45 bits per heavy atom. The maximum Gasteiger partial charge on any atom is 0.0782 e. The van der Waals surface area contributed by atoms with E-state index in [1.54, 1.807) is 0 Å². The van der Waals surface area contributed by atoms with Crippen molar-refractivity contribution in [3.05, 3.63) is 11.6 Å². The number of allylic oxidation sites excluding steroid dienone is 2. The third-order valence-corrected chi connectivity index (χ3v) is 5.85. The Morgan fingerprint density at radius 1 is 1.20 bits per heavy atom. The standard InChI is InChI=1S/C19H31N/c1-3-5-6-17-11-13-19(15-20,14-12-17)18-9-7-16(4-2)8-10-18/h9,16-17H,3-8,10-14H2,1-2H3/t16-,17-,19+/m0/s1. The van der Waals surface area contributed by atoms with Gasteiger partial charge in [0, 0.05) is 0 Å². The Balaban J connectivity index is 1.96. The molecule has 0 aliphatic heterocycles. The van der Waals surface area contributed by atoms with Crippen LogP contribution in [-0.4, -0.2) is 0 Å². The van der Waals surface area contributed by atoms with Crippen molar-refractivity contribution in [2.75, 3.05) is 0 Å². The van der Waals surface area contributed by atoms with E-state index in [-0.39, 0.29) is 5.41 Å². The molecule has 0 saturated heterocycles. The zero-order valence-electron chi connectivity index (χ0n) is 13.5. The predicted octanol–water partition coefficient (Wildman–Crippen LogP) is 6.01. The Morgan fingerprint density at radius 2 is 1.95 bits per heavy atom. The lowest BCUT2D eigenvalue weighted by Gasteiger charge is -2.39. The first kappa shape index (κ1) is 15.6. The number of unbranched alkanes of at least 4 members (excludes halogenated alkanes) is 1. The van der Waals surface area contributed by atoms with Crippen LogP contribution in [0.2, 0.25) is 0 Å². The van der Waals surface area contributed by atoms with Crippen LogP contribution in [0.25, 0.3) is 0 Å². The van der Waals surface area contributed by atoms with E-state index in [9.17, 15) is 5.26 Å². The normalized spacial score (nSPS) is 34.4. The van der Waals surface area contributed by atoms with Crippen LogP contribution in [0, 0.1) is 28.6 Å². The van der Waals surface area contributed by atoms with Gasteiger partial charge in [-0.3, -0.25) is 0 Å². The summed E-state index contributed by atoms with van der Waals surface area (Å²) in [6.07, 6.45) is 16.3. The van der Waals surface area contributed by atoms with Crippen LogP contribution in [0.5, 0.6) is 0 Å². The van der Waals surface area contributed by atoms with E-state index >= 15 is 0 Å². The molecule has 2 aliphatic carbocycles. The third kappa shape index (κ3) is 3.46. The molecule has 0 heterocycles. The molecule has 0 aromatic rings. The summed E-state index contributed by atoms with van der Waals surface area (Å²) < 4.78 is 0. The summed E-state index contributed by atoms with van der Waals surface area (Å²) in [6, 6.07) is 2.73. The zero-order valence-corrected chi connectivity index (χ0v) is 13.5. The van der Waals surface area contributed by atoms with Crippen molar-refractivity contribution in [2.24, 2.45) is 17.3 Å². The van der Waals surface area contributed by atoms with Crippen molar-refractivity contribution < 1.29 is 0 Å². The second-order valence-corrected chi connectivity index (χ2v) is 7.06. The molecule has 0 aromatic heterocycles. The van der Waals surface area contributed by atoms with E-state index in [1.807, 2.05) is 0 Å². The van der Waals surface area contributed by atoms with Gasteiger partial charge in [0.15, 0.2) is 0 Å². The molecule has 1 saturated carbocycles. The van der Waals surface area contributed by atoms with Crippen LogP contribution < -0.4 is 0 Å². The van der Waals surface area contributed by atoms with Crippen molar-refractivity contribution >= 4 is 0 Å². The van der Waals surface area contributed by atoms with Gasteiger partial charge < -0.3 is 0 Å². The van der Waals surface area contributed by atoms with Crippen molar-refractivity contribution in [1.82, 2.24) is 0 Å². The van der Waals surface area contributed by atoms with Crippen LogP contribution in [0.3, 0.4) is 0 Å². The van der Waals surface area contributed by atoms with Gasteiger partial charge in [0.1, 0.15) is 0 Å². The lowest BCUT2D eigenvalue weighted by Crippen LogP contribution is -2.29. The SMILES string of the molecule is CCCC[C@H]1CC[C@@](C#N)(C2=CC[C@H](CC)CC2)CC1. The molecule has 20 heavy (non-hydrogen) atoms. The number of rotatable bonds is 5. The van der Waals surface area contributed by atoms with E-state index in [0.29, 0.717) is 0 Å². The third-order valence-electron chi connectivity index (χ3n) is 5.85. The molecule has 0 aromatic carbocycles. The molecule has 0 N–H and O–H groups in total. The van der Waals surface area contributed by atoms with Crippen molar-refractivity contribution in [1.29, 1.82) is 5.26 Å². The summed E-state index contributed by atoms with van der Waals surface area (Å²) in [5, 5.41) is 9.79. The molecule has 1 fully saturated rings. The highest BCUT2D eigenvalue weighted by atomic mass is 14.4. The molecule has 2 aliphatic rings. The van der Waals surface area contributed by atoms with Gasteiger partial charge in [-0.05, 0) is 56.8 Å². The van der Waals surface area contributed by atoms with E-state index in [2.05, 4.69) is 26.0 Å². The molecule has 0 amide bonds. The van der Waals surface area contributed by atoms with Crippen LogP contribution in [-0.2, 0) is 0 Å². The quantitative estimate of drug-likeness (QED) is 0.562. The predicted molar refractivity (Wildman–Crippen MR) is 85.2 cm³/mol. The molecular formula is C19H31N. The van der Waals surface area contributed by atoms with E-state index in [1.165, 1.54) is 63.4 Å². The maximum atomic E-state index is 9.79. The van der Waals surface area contributed by atoms with E-state index in [0.717, 1.165) is 24.7 Å². The number of hydrogen-bond donors (Lipinski definition) is 0. The Kier molecular flexibility index (Phi) is 5.70. The lowest BCUT2D eigenvalue weighted by atomic mass is 9.64. The topological polar surface area (TPSA) is 23.8 Å². The summed E-state index contributed by atoms with van der Waals surface area (Å²) in [5.74, 6) is 1.76.